The largest absolute Gasteiger partial charge is 0.478 e. The fourth-order valence-electron chi connectivity index (χ4n) is 5.67. The van der Waals surface area contributed by atoms with E-state index < -0.39 is 11.9 Å². The number of allylic oxidation sites excluding steroid dienone is 1. The minimum atomic E-state index is -0.977. The van der Waals surface area contributed by atoms with Gasteiger partial charge in [-0.1, -0.05) is 48.9 Å². The Morgan fingerprint density at radius 2 is 1.71 bits per heavy atom. The first-order chi connectivity index (χ1) is 18.6. The molecule has 0 bridgehead atoms. The summed E-state index contributed by atoms with van der Waals surface area (Å²) in [6.07, 6.45) is 8.61. The highest BCUT2D eigenvalue weighted by Crippen LogP contribution is 2.46. The highest BCUT2D eigenvalue weighted by atomic mass is 19.1. The maximum absolute atomic E-state index is 14.6. The minimum absolute atomic E-state index is 0.412. The first kappa shape index (κ1) is 24.2. The minimum Gasteiger partial charge on any atom is -0.478 e. The molecule has 3 aromatic carbocycles. The van der Waals surface area contributed by atoms with E-state index in [2.05, 4.69) is 39.4 Å². The van der Waals surface area contributed by atoms with E-state index in [-0.39, 0.29) is 0 Å². The number of carbonyl (C=O) groups is 1. The van der Waals surface area contributed by atoms with Crippen LogP contribution in [0.1, 0.15) is 54.4 Å². The van der Waals surface area contributed by atoms with Crippen LogP contribution in [-0.4, -0.2) is 34.4 Å². The molecule has 2 heterocycles. The van der Waals surface area contributed by atoms with Crippen LogP contribution >= 0.6 is 0 Å². The molecule has 5 nitrogen and oxygen atoms in total. The Hall–Kier alpha value is -4.19. The molecule has 1 saturated heterocycles. The van der Waals surface area contributed by atoms with Gasteiger partial charge in [0.2, 0.25) is 5.95 Å². The zero-order valence-electron chi connectivity index (χ0n) is 21.2. The smallest absolute Gasteiger partial charge is 0.328 e. The van der Waals surface area contributed by atoms with Gasteiger partial charge in [-0.2, -0.15) is 9.49 Å². The Balaban J connectivity index is 1.55. The maximum atomic E-state index is 14.6. The van der Waals surface area contributed by atoms with Gasteiger partial charge in [0.05, 0.1) is 10.9 Å². The number of aliphatic carboxylic acids is 1. The number of hydrogen-bond acceptors (Lipinski definition) is 3. The molecule has 38 heavy (non-hydrogen) atoms. The lowest BCUT2D eigenvalue weighted by molar-refractivity contribution is -0.131. The summed E-state index contributed by atoms with van der Waals surface area (Å²) >= 11 is 0. The molecule has 4 aromatic rings. The van der Waals surface area contributed by atoms with Crippen LogP contribution in [0.3, 0.4) is 0 Å². The Kier molecular flexibility index (Phi) is 6.54. The molecule has 6 heteroatoms. The molecule has 2 fully saturated rings. The molecule has 0 spiro atoms. The van der Waals surface area contributed by atoms with Gasteiger partial charge in [-0.15, -0.1) is 0 Å². The number of carboxylic acid groups (broad SMARTS) is 1. The number of aromatic amines is 1. The molecule has 1 saturated carbocycles. The van der Waals surface area contributed by atoms with Crippen LogP contribution in [0.2, 0.25) is 0 Å². The van der Waals surface area contributed by atoms with E-state index in [9.17, 15) is 9.18 Å². The molecule has 192 valence electrons. The van der Waals surface area contributed by atoms with Gasteiger partial charge in [0.1, 0.15) is 0 Å². The number of carboxylic acids is 1. The fourth-order valence-corrected chi connectivity index (χ4v) is 5.67. The summed E-state index contributed by atoms with van der Waals surface area (Å²) in [5.41, 5.74) is 8.21. The first-order valence-electron chi connectivity index (χ1n) is 13.3. The summed E-state index contributed by atoms with van der Waals surface area (Å²) in [5, 5.41) is 16.0. The summed E-state index contributed by atoms with van der Waals surface area (Å²) in [4.78, 5) is 13.4. The van der Waals surface area contributed by atoms with E-state index >= 15 is 0 Å². The third kappa shape index (κ3) is 4.74. The monoisotopic (exact) mass is 507 g/mol. The Labute approximate surface area is 221 Å². The van der Waals surface area contributed by atoms with Crippen LogP contribution in [0.15, 0.2) is 72.8 Å². The third-order valence-corrected chi connectivity index (χ3v) is 7.83. The molecule has 6 rings (SSSR count). The molecule has 2 N–H and O–H groups in total. The van der Waals surface area contributed by atoms with Gasteiger partial charge in [-0.05, 0) is 95.3 Å². The van der Waals surface area contributed by atoms with E-state index in [1.54, 1.807) is 6.08 Å². The molecule has 1 aliphatic carbocycles. The Bertz CT molecular complexity index is 1540. The van der Waals surface area contributed by atoms with Gasteiger partial charge < -0.3 is 10.0 Å². The zero-order chi connectivity index (χ0) is 26.1. The number of anilines is 1. The standard InChI is InChI=1S/C32H30FN3O2/c33-32-27-20-25(14-15-28(27)34-35-32)31(23-12-9-21(10-13-23)11-16-29(37)38)30(22-5-3-6-22)24-7-4-8-26(19-24)36-17-1-2-18-36/h4,7-16,19-20,22H,1-3,5-6,17-18H2,(H,34,35)(H,37,38)/b16-11+,31-30?. The van der Waals surface area contributed by atoms with Crippen molar-refractivity contribution in [3.63, 3.8) is 0 Å². The predicted molar refractivity (Wildman–Crippen MR) is 150 cm³/mol. The zero-order valence-corrected chi connectivity index (χ0v) is 21.2. The average molecular weight is 508 g/mol. The van der Waals surface area contributed by atoms with E-state index in [0.29, 0.717) is 16.8 Å². The summed E-state index contributed by atoms with van der Waals surface area (Å²) in [6.45, 7) is 2.17. The Morgan fingerprint density at radius 3 is 2.42 bits per heavy atom. The van der Waals surface area contributed by atoms with E-state index in [0.717, 1.165) is 54.3 Å². The fraction of sp³-hybridized carbons (Fsp3) is 0.250. The molecule has 0 radical (unpaired) electrons. The van der Waals surface area contributed by atoms with Crippen LogP contribution in [0.5, 0.6) is 0 Å². The number of rotatable bonds is 7. The molecule has 0 atom stereocenters. The van der Waals surface area contributed by atoms with Crippen molar-refractivity contribution in [3.05, 3.63) is 101 Å². The highest BCUT2D eigenvalue weighted by molar-refractivity contribution is 6.01. The first-order valence-corrected chi connectivity index (χ1v) is 13.3. The summed E-state index contributed by atoms with van der Waals surface area (Å²) in [6, 6.07) is 22.6. The second-order valence-electron chi connectivity index (χ2n) is 10.2. The van der Waals surface area contributed by atoms with E-state index in [1.165, 1.54) is 36.1 Å². The molecular formula is C32H30FN3O2. The lowest BCUT2D eigenvalue weighted by Crippen LogP contribution is -2.18. The normalized spacial score (nSPS) is 16.7. The molecule has 0 unspecified atom stereocenters. The molecule has 2 aliphatic rings. The second kappa shape index (κ2) is 10.3. The number of nitrogens with zero attached hydrogens (tertiary/aromatic N) is 2. The lowest BCUT2D eigenvalue weighted by atomic mass is 9.73. The van der Waals surface area contributed by atoms with Crippen LogP contribution in [-0.2, 0) is 4.79 Å². The number of halogens is 1. The van der Waals surface area contributed by atoms with E-state index in [4.69, 9.17) is 5.11 Å². The Morgan fingerprint density at radius 1 is 0.947 bits per heavy atom. The van der Waals surface area contributed by atoms with Crippen LogP contribution in [0.4, 0.5) is 10.1 Å². The number of H-pyrrole nitrogens is 1. The second-order valence-corrected chi connectivity index (χ2v) is 10.2. The van der Waals surface area contributed by atoms with Gasteiger partial charge in [0.15, 0.2) is 0 Å². The quantitative estimate of drug-likeness (QED) is 0.206. The van der Waals surface area contributed by atoms with Crippen LogP contribution in [0, 0.1) is 11.9 Å². The molecule has 1 aliphatic heterocycles. The maximum Gasteiger partial charge on any atom is 0.328 e. The van der Waals surface area contributed by atoms with Gasteiger partial charge in [0.25, 0.3) is 0 Å². The van der Waals surface area contributed by atoms with Crippen LogP contribution in [0.25, 0.3) is 28.1 Å². The van der Waals surface area contributed by atoms with Gasteiger partial charge in [-0.3, -0.25) is 5.10 Å². The van der Waals surface area contributed by atoms with Gasteiger partial charge in [0, 0.05) is 24.9 Å². The number of fused-ring (bicyclic) bond motifs is 1. The number of benzene rings is 3. The van der Waals surface area contributed by atoms with Crippen molar-refractivity contribution in [1.29, 1.82) is 0 Å². The summed E-state index contributed by atoms with van der Waals surface area (Å²) < 4.78 is 14.6. The average Bonchev–Trinajstić information content (AvgIpc) is 3.57. The molecular weight excluding hydrogens is 477 g/mol. The lowest BCUT2D eigenvalue weighted by Gasteiger charge is -2.32. The third-order valence-electron chi connectivity index (χ3n) is 7.83. The highest BCUT2D eigenvalue weighted by Gasteiger charge is 2.28. The van der Waals surface area contributed by atoms with Crippen molar-refractivity contribution < 1.29 is 14.3 Å². The van der Waals surface area contributed by atoms with Gasteiger partial charge in [-0.25, -0.2) is 4.79 Å². The topological polar surface area (TPSA) is 69.2 Å². The SMILES string of the molecule is O=C(O)/C=C/c1ccc(C(=C(c2cccc(N3CCCC3)c2)C2CCC2)c2ccc3n[nH]c(F)c3c2)cc1. The van der Waals surface area contributed by atoms with E-state index in [1.807, 2.05) is 42.5 Å². The van der Waals surface area contributed by atoms with Crippen LogP contribution < -0.4 is 4.90 Å². The predicted octanol–water partition coefficient (Wildman–Crippen LogP) is 7.16. The van der Waals surface area contributed by atoms with Crippen molar-refractivity contribution in [2.75, 3.05) is 18.0 Å². The van der Waals surface area contributed by atoms with Crippen molar-refractivity contribution in [3.8, 4) is 0 Å². The summed E-state index contributed by atoms with van der Waals surface area (Å²) in [5.74, 6) is -0.998. The number of hydrogen-bond donors (Lipinski definition) is 2. The summed E-state index contributed by atoms with van der Waals surface area (Å²) in [7, 11) is 0. The van der Waals surface area contributed by atoms with Gasteiger partial charge >= 0.3 is 5.97 Å². The number of nitrogens with one attached hydrogen (secondary N) is 1. The van der Waals surface area contributed by atoms with Crippen molar-refractivity contribution >= 4 is 39.8 Å². The van der Waals surface area contributed by atoms with Crippen molar-refractivity contribution in [2.45, 2.75) is 32.1 Å². The van der Waals surface area contributed by atoms with Crippen molar-refractivity contribution in [1.82, 2.24) is 10.2 Å². The molecule has 1 aromatic heterocycles. The molecule has 0 amide bonds. The van der Waals surface area contributed by atoms with Crippen molar-refractivity contribution in [2.24, 2.45) is 5.92 Å². The number of aromatic nitrogens is 2.